The molecule has 0 saturated carbocycles. The molecule has 82 valence electrons. The second-order valence-corrected chi connectivity index (χ2v) is 5.24. The standard InChI is InChI=1S/C10H20N2O2/c1-9(2,11)5-4-8(13)12-6-10(3,14)7-12/h14H,4-7,11H2,1-3H3. The van der Waals surface area contributed by atoms with E-state index in [9.17, 15) is 9.90 Å². The van der Waals surface area contributed by atoms with Crippen molar-refractivity contribution < 1.29 is 9.90 Å². The number of β-amino-alcohol motifs (C(OH)–C–C–N with tert-alkyl or cyclic N) is 1. The van der Waals surface area contributed by atoms with E-state index in [0.29, 0.717) is 25.9 Å². The average molecular weight is 200 g/mol. The van der Waals surface area contributed by atoms with Crippen LogP contribution in [0.3, 0.4) is 0 Å². The quantitative estimate of drug-likeness (QED) is 0.679. The highest BCUT2D eigenvalue weighted by molar-refractivity contribution is 5.77. The molecular weight excluding hydrogens is 180 g/mol. The first-order chi connectivity index (χ1) is 6.20. The van der Waals surface area contributed by atoms with Gasteiger partial charge in [0.25, 0.3) is 0 Å². The molecule has 0 aromatic heterocycles. The van der Waals surface area contributed by atoms with E-state index in [0.717, 1.165) is 0 Å². The van der Waals surface area contributed by atoms with Gasteiger partial charge >= 0.3 is 0 Å². The molecule has 0 bridgehead atoms. The largest absolute Gasteiger partial charge is 0.386 e. The molecular formula is C10H20N2O2. The molecule has 0 aromatic carbocycles. The minimum Gasteiger partial charge on any atom is -0.386 e. The molecule has 0 radical (unpaired) electrons. The van der Waals surface area contributed by atoms with Crippen molar-refractivity contribution in [2.75, 3.05) is 13.1 Å². The number of nitrogens with zero attached hydrogens (tertiary/aromatic N) is 1. The zero-order chi connectivity index (χ0) is 11.0. The van der Waals surface area contributed by atoms with Gasteiger partial charge in [-0.25, -0.2) is 0 Å². The minimum atomic E-state index is -0.673. The fourth-order valence-electron chi connectivity index (χ4n) is 1.54. The second kappa shape index (κ2) is 3.51. The summed E-state index contributed by atoms with van der Waals surface area (Å²) < 4.78 is 0. The van der Waals surface area contributed by atoms with Gasteiger partial charge in [-0.05, 0) is 27.2 Å². The summed E-state index contributed by atoms with van der Waals surface area (Å²) in [7, 11) is 0. The van der Waals surface area contributed by atoms with Crippen molar-refractivity contribution in [3.05, 3.63) is 0 Å². The lowest BCUT2D eigenvalue weighted by atomic mass is 9.94. The highest BCUT2D eigenvalue weighted by Crippen LogP contribution is 2.21. The van der Waals surface area contributed by atoms with Crippen molar-refractivity contribution >= 4 is 5.91 Å². The molecule has 0 atom stereocenters. The van der Waals surface area contributed by atoms with Crippen LogP contribution in [0.15, 0.2) is 0 Å². The maximum atomic E-state index is 11.5. The molecule has 0 unspecified atom stereocenters. The van der Waals surface area contributed by atoms with E-state index in [4.69, 9.17) is 5.73 Å². The number of carbonyl (C=O) groups is 1. The minimum absolute atomic E-state index is 0.0926. The zero-order valence-electron chi connectivity index (χ0n) is 9.21. The Kier molecular flexibility index (Phi) is 2.88. The van der Waals surface area contributed by atoms with Gasteiger partial charge in [0.1, 0.15) is 0 Å². The first-order valence-electron chi connectivity index (χ1n) is 4.99. The summed E-state index contributed by atoms with van der Waals surface area (Å²) >= 11 is 0. The van der Waals surface area contributed by atoms with Crippen molar-refractivity contribution in [3.8, 4) is 0 Å². The molecule has 1 amide bonds. The lowest BCUT2D eigenvalue weighted by Crippen LogP contribution is -2.61. The van der Waals surface area contributed by atoms with Gasteiger partial charge in [-0.2, -0.15) is 0 Å². The number of aliphatic hydroxyl groups is 1. The summed E-state index contributed by atoms with van der Waals surface area (Å²) in [6.07, 6.45) is 1.16. The fraction of sp³-hybridized carbons (Fsp3) is 0.900. The molecule has 3 N–H and O–H groups in total. The molecule has 1 aliphatic rings. The molecule has 1 aliphatic heterocycles. The number of hydrogen-bond donors (Lipinski definition) is 2. The summed E-state index contributed by atoms with van der Waals surface area (Å²) in [5.74, 6) is 0.0926. The average Bonchev–Trinajstić information content (AvgIpc) is 1.94. The third kappa shape index (κ3) is 3.27. The number of amides is 1. The summed E-state index contributed by atoms with van der Waals surface area (Å²) in [6.45, 7) is 6.47. The molecule has 0 aromatic rings. The van der Waals surface area contributed by atoms with Crippen molar-refractivity contribution in [2.24, 2.45) is 5.73 Å². The van der Waals surface area contributed by atoms with Crippen LogP contribution in [-0.2, 0) is 4.79 Å². The first-order valence-corrected chi connectivity index (χ1v) is 4.99. The van der Waals surface area contributed by atoms with Crippen LogP contribution in [0.1, 0.15) is 33.6 Å². The smallest absolute Gasteiger partial charge is 0.222 e. The van der Waals surface area contributed by atoms with Crippen molar-refractivity contribution in [1.29, 1.82) is 0 Å². The van der Waals surface area contributed by atoms with Crippen molar-refractivity contribution in [1.82, 2.24) is 4.90 Å². The molecule has 1 heterocycles. The van der Waals surface area contributed by atoms with E-state index in [2.05, 4.69) is 0 Å². The number of rotatable bonds is 3. The van der Waals surface area contributed by atoms with Gasteiger partial charge in [-0.1, -0.05) is 0 Å². The molecule has 1 fully saturated rings. The van der Waals surface area contributed by atoms with Gasteiger partial charge in [0.15, 0.2) is 0 Å². The van der Waals surface area contributed by atoms with E-state index in [-0.39, 0.29) is 11.4 Å². The Labute approximate surface area is 85.1 Å². The second-order valence-electron chi connectivity index (χ2n) is 5.24. The lowest BCUT2D eigenvalue weighted by molar-refractivity contribution is -0.152. The predicted molar refractivity (Wildman–Crippen MR) is 54.7 cm³/mol. The van der Waals surface area contributed by atoms with Gasteiger partial charge in [-0.3, -0.25) is 4.79 Å². The van der Waals surface area contributed by atoms with Crippen LogP contribution in [0.2, 0.25) is 0 Å². The SMILES string of the molecule is CC(C)(N)CCC(=O)N1CC(C)(O)C1. The van der Waals surface area contributed by atoms with Crippen LogP contribution in [0.25, 0.3) is 0 Å². The Morgan fingerprint density at radius 1 is 1.57 bits per heavy atom. The van der Waals surface area contributed by atoms with Crippen LogP contribution < -0.4 is 5.73 Å². The highest BCUT2D eigenvalue weighted by atomic mass is 16.3. The summed E-state index contributed by atoms with van der Waals surface area (Å²) in [5, 5.41) is 9.44. The van der Waals surface area contributed by atoms with Crippen molar-refractivity contribution in [3.63, 3.8) is 0 Å². The van der Waals surface area contributed by atoms with Gasteiger partial charge in [0, 0.05) is 12.0 Å². The maximum Gasteiger partial charge on any atom is 0.222 e. The normalized spacial score (nSPS) is 20.5. The Balaban J connectivity index is 2.25. The molecule has 0 aliphatic carbocycles. The number of likely N-dealkylation sites (tertiary alicyclic amines) is 1. The molecule has 4 nitrogen and oxygen atoms in total. The van der Waals surface area contributed by atoms with Crippen LogP contribution in [0.5, 0.6) is 0 Å². The van der Waals surface area contributed by atoms with Crippen molar-refractivity contribution in [2.45, 2.75) is 44.8 Å². The van der Waals surface area contributed by atoms with E-state index in [1.165, 1.54) is 0 Å². The van der Waals surface area contributed by atoms with Gasteiger partial charge in [-0.15, -0.1) is 0 Å². The number of nitrogens with two attached hydrogens (primary N) is 1. The Morgan fingerprint density at radius 3 is 2.43 bits per heavy atom. The molecule has 14 heavy (non-hydrogen) atoms. The predicted octanol–water partition coefficient (Wildman–Crippen LogP) is 0.0971. The fourth-order valence-corrected chi connectivity index (χ4v) is 1.54. The zero-order valence-corrected chi connectivity index (χ0v) is 9.21. The van der Waals surface area contributed by atoms with Crippen LogP contribution in [-0.4, -0.2) is 40.1 Å². The number of hydrogen-bond acceptors (Lipinski definition) is 3. The summed E-state index contributed by atoms with van der Waals surface area (Å²) in [6, 6.07) is 0. The Morgan fingerprint density at radius 2 is 2.07 bits per heavy atom. The topological polar surface area (TPSA) is 66.6 Å². The van der Waals surface area contributed by atoms with E-state index in [1.54, 1.807) is 11.8 Å². The van der Waals surface area contributed by atoms with Crippen LogP contribution in [0.4, 0.5) is 0 Å². The molecule has 1 saturated heterocycles. The highest BCUT2D eigenvalue weighted by Gasteiger charge is 2.39. The van der Waals surface area contributed by atoms with Crippen LogP contribution in [0, 0.1) is 0 Å². The molecule has 4 heteroatoms. The van der Waals surface area contributed by atoms with E-state index >= 15 is 0 Å². The summed E-state index contributed by atoms with van der Waals surface area (Å²) in [5.41, 5.74) is 4.82. The van der Waals surface area contributed by atoms with Gasteiger partial charge in [0.2, 0.25) is 5.91 Å². The third-order valence-electron chi connectivity index (χ3n) is 2.40. The van der Waals surface area contributed by atoms with Gasteiger partial charge < -0.3 is 15.7 Å². The Hall–Kier alpha value is -0.610. The van der Waals surface area contributed by atoms with Gasteiger partial charge in [0.05, 0.1) is 18.7 Å². The monoisotopic (exact) mass is 200 g/mol. The first kappa shape index (κ1) is 11.5. The summed E-state index contributed by atoms with van der Waals surface area (Å²) in [4.78, 5) is 13.2. The maximum absolute atomic E-state index is 11.5. The van der Waals surface area contributed by atoms with E-state index in [1.807, 2.05) is 13.8 Å². The molecule has 1 rings (SSSR count). The van der Waals surface area contributed by atoms with Crippen LogP contribution >= 0.6 is 0 Å². The number of carbonyl (C=O) groups excluding carboxylic acids is 1. The third-order valence-corrected chi connectivity index (χ3v) is 2.40. The lowest BCUT2D eigenvalue weighted by Gasteiger charge is -2.44. The molecule has 0 spiro atoms. The Bertz CT molecular complexity index is 223. The van der Waals surface area contributed by atoms with E-state index < -0.39 is 5.60 Å².